The van der Waals surface area contributed by atoms with E-state index < -0.39 is 29.0 Å². The lowest BCUT2D eigenvalue weighted by molar-refractivity contribution is -0.256. The Bertz CT molecular complexity index is 804. The number of ether oxygens (including phenoxy) is 1. The van der Waals surface area contributed by atoms with Crippen molar-refractivity contribution >= 4 is 5.97 Å². The van der Waals surface area contributed by atoms with Crippen molar-refractivity contribution in [2.24, 2.45) is 0 Å². The molecule has 28 heavy (non-hydrogen) atoms. The maximum Gasteiger partial charge on any atom is 0.341 e. The van der Waals surface area contributed by atoms with E-state index in [-0.39, 0.29) is 11.5 Å². The van der Waals surface area contributed by atoms with Crippen molar-refractivity contribution in [1.29, 1.82) is 0 Å². The molecule has 1 aliphatic carbocycles. The van der Waals surface area contributed by atoms with E-state index in [0.717, 1.165) is 5.56 Å². The number of allylic oxidation sites excluding steroid dienone is 6. The minimum Gasteiger partial charge on any atom is -0.459 e. The van der Waals surface area contributed by atoms with Gasteiger partial charge in [0.25, 0.3) is 0 Å². The Balaban J connectivity index is 1.74. The molecule has 3 rings (SSSR count). The van der Waals surface area contributed by atoms with E-state index in [4.69, 9.17) is 4.74 Å². The molecule has 5 heteroatoms. The summed E-state index contributed by atoms with van der Waals surface area (Å²) in [5, 5.41) is 11.7. The van der Waals surface area contributed by atoms with Crippen LogP contribution in [0.4, 0.5) is 4.39 Å². The largest absolute Gasteiger partial charge is 0.459 e. The summed E-state index contributed by atoms with van der Waals surface area (Å²) in [7, 11) is 0. The molecule has 4 nitrogen and oxygen atoms in total. The molecule has 0 unspecified atom stereocenters. The maximum absolute atomic E-state index is 14.7. The quantitative estimate of drug-likeness (QED) is 0.730. The number of esters is 1. The van der Waals surface area contributed by atoms with E-state index in [1.807, 2.05) is 64.2 Å². The van der Waals surface area contributed by atoms with Gasteiger partial charge < -0.3 is 9.94 Å². The first-order valence-corrected chi connectivity index (χ1v) is 9.61. The molecule has 0 saturated carbocycles. The predicted molar refractivity (Wildman–Crippen MR) is 107 cm³/mol. The number of carbonyl (C=O) groups is 1. The number of hydroxylamine groups is 2. The topological polar surface area (TPSA) is 49.8 Å². The summed E-state index contributed by atoms with van der Waals surface area (Å²) in [6, 6.07) is 4.64. The van der Waals surface area contributed by atoms with Crippen molar-refractivity contribution in [2.75, 3.05) is 0 Å². The van der Waals surface area contributed by atoms with E-state index in [1.165, 1.54) is 17.2 Å². The summed E-state index contributed by atoms with van der Waals surface area (Å²) in [6.45, 7) is 7.58. The molecule has 0 amide bonds. The van der Waals surface area contributed by atoms with Crippen LogP contribution in [0.2, 0.25) is 0 Å². The summed E-state index contributed by atoms with van der Waals surface area (Å²) in [6.07, 6.45) is 12.2. The van der Waals surface area contributed by atoms with Crippen molar-refractivity contribution < 1.29 is 19.1 Å². The monoisotopic (exact) mass is 385 g/mol. The van der Waals surface area contributed by atoms with Gasteiger partial charge in [-0.15, -0.1) is 0 Å². The average molecular weight is 385 g/mol. The first-order valence-electron chi connectivity index (χ1n) is 9.61. The fourth-order valence-electron chi connectivity index (χ4n) is 4.16. The van der Waals surface area contributed by atoms with Crippen molar-refractivity contribution in [2.45, 2.75) is 63.6 Å². The molecular formula is C23H28FNO3. The van der Waals surface area contributed by atoms with Crippen molar-refractivity contribution in [3.05, 3.63) is 71.6 Å². The Morgan fingerprint density at radius 1 is 1.07 bits per heavy atom. The van der Waals surface area contributed by atoms with Gasteiger partial charge in [0.15, 0.2) is 0 Å². The first-order chi connectivity index (χ1) is 13.1. The minimum atomic E-state index is -0.666. The van der Waals surface area contributed by atoms with Crippen LogP contribution in [0.25, 0.3) is 0 Å². The fourth-order valence-corrected chi connectivity index (χ4v) is 4.16. The van der Waals surface area contributed by atoms with Gasteiger partial charge in [0.2, 0.25) is 0 Å². The number of rotatable bonds is 3. The second kappa shape index (κ2) is 7.64. The van der Waals surface area contributed by atoms with Crippen molar-refractivity contribution in [1.82, 2.24) is 5.06 Å². The van der Waals surface area contributed by atoms with Crippen LogP contribution < -0.4 is 0 Å². The molecule has 1 N–H and O–H groups in total. The molecule has 1 aliphatic heterocycles. The zero-order valence-corrected chi connectivity index (χ0v) is 16.9. The maximum atomic E-state index is 14.7. The third-order valence-electron chi connectivity index (χ3n) is 5.44. The van der Waals surface area contributed by atoms with Crippen LogP contribution in [0.5, 0.6) is 0 Å². The van der Waals surface area contributed by atoms with Gasteiger partial charge in [-0.2, -0.15) is 5.06 Å². The molecule has 0 aromatic heterocycles. The number of piperidine rings is 1. The highest BCUT2D eigenvalue weighted by atomic mass is 19.1. The molecule has 1 aromatic rings. The summed E-state index contributed by atoms with van der Waals surface area (Å²) < 4.78 is 20.3. The van der Waals surface area contributed by atoms with Gasteiger partial charge in [-0.3, -0.25) is 0 Å². The Morgan fingerprint density at radius 3 is 2.18 bits per heavy atom. The van der Waals surface area contributed by atoms with Crippen LogP contribution in [-0.4, -0.2) is 33.4 Å². The van der Waals surface area contributed by atoms with Gasteiger partial charge in [0.1, 0.15) is 11.9 Å². The van der Waals surface area contributed by atoms with E-state index in [2.05, 4.69) is 0 Å². The molecule has 150 valence electrons. The van der Waals surface area contributed by atoms with Crippen LogP contribution in [0.1, 0.15) is 62.4 Å². The summed E-state index contributed by atoms with van der Waals surface area (Å²) in [5.41, 5.74) is -0.366. The standard InChI is InChI=1S/C23H28FNO3/c1-22(2)14-18(15-23(3,4)25(22)27)28-21(26)19-12-11-17(13-20(19)24)16-9-7-5-6-8-10-16/h5-13,16,18,27H,14-15H2,1-4H3. The molecule has 0 atom stereocenters. The highest BCUT2D eigenvalue weighted by Crippen LogP contribution is 2.38. The second-order valence-corrected chi connectivity index (χ2v) is 8.79. The first kappa shape index (κ1) is 20.5. The van der Waals surface area contributed by atoms with Gasteiger partial charge in [0.05, 0.1) is 5.56 Å². The van der Waals surface area contributed by atoms with E-state index in [0.29, 0.717) is 12.8 Å². The summed E-state index contributed by atoms with van der Waals surface area (Å²) >= 11 is 0. The summed E-state index contributed by atoms with van der Waals surface area (Å²) in [5.74, 6) is -1.29. The van der Waals surface area contributed by atoms with Crippen LogP contribution >= 0.6 is 0 Å². The third kappa shape index (κ3) is 4.26. The molecule has 0 spiro atoms. The normalized spacial score (nSPS) is 22.2. The fraction of sp³-hybridized carbons (Fsp3) is 0.435. The zero-order valence-electron chi connectivity index (χ0n) is 16.9. The highest BCUT2D eigenvalue weighted by molar-refractivity contribution is 5.90. The lowest BCUT2D eigenvalue weighted by atomic mass is 9.80. The smallest absolute Gasteiger partial charge is 0.341 e. The number of halogens is 1. The lowest BCUT2D eigenvalue weighted by Crippen LogP contribution is -2.60. The molecule has 0 bridgehead atoms. The zero-order chi connectivity index (χ0) is 20.5. The summed E-state index contributed by atoms with van der Waals surface area (Å²) in [4.78, 5) is 12.6. The van der Waals surface area contributed by atoms with Gasteiger partial charge >= 0.3 is 5.97 Å². The van der Waals surface area contributed by atoms with Crippen molar-refractivity contribution in [3.63, 3.8) is 0 Å². The van der Waals surface area contributed by atoms with Gasteiger partial charge in [-0.1, -0.05) is 42.5 Å². The molecule has 1 saturated heterocycles. The number of carbonyl (C=O) groups excluding carboxylic acids is 1. The van der Waals surface area contributed by atoms with Crippen molar-refractivity contribution in [3.8, 4) is 0 Å². The highest BCUT2D eigenvalue weighted by Gasteiger charge is 2.46. The average Bonchev–Trinajstić information content (AvgIpc) is 2.88. The van der Waals surface area contributed by atoms with E-state index in [1.54, 1.807) is 6.07 Å². The number of hydrogen-bond acceptors (Lipinski definition) is 4. The number of hydrogen-bond donors (Lipinski definition) is 1. The Labute approximate surface area is 166 Å². The van der Waals surface area contributed by atoms with E-state index >= 15 is 0 Å². The molecule has 1 aromatic carbocycles. The SMILES string of the molecule is CC1(C)CC(OC(=O)c2ccc(C3C=CC=CC=C3)cc2F)CC(C)(C)N1O. The second-order valence-electron chi connectivity index (χ2n) is 8.79. The van der Waals surface area contributed by atoms with Gasteiger partial charge in [-0.05, 0) is 45.4 Å². The number of nitrogens with zero attached hydrogens (tertiary/aromatic N) is 1. The van der Waals surface area contributed by atoms with Crippen LogP contribution in [0.3, 0.4) is 0 Å². The molecule has 1 heterocycles. The third-order valence-corrected chi connectivity index (χ3v) is 5.44. The Morgan fingerprint density at radius 2 is 1.64 bits per heavy atom. The molecule has 1 fully saturated rings. The predicted octanol–water partition coefficient (Wildman–Crippen LogP) is 5.16. The van der Waals surface area contributed by atoms with Crippen LogP contribution in [-0.2, 0) is 4.74 Å². The van der Waals surface area contributed by atoms with E-state index in [9.17, 15) is 14.4 Å². The van der Waals surface area contributed by atoms with Gasteiger partial charge in [0, 0.05) is 29.8 Å². The molecule has 2 aliphatic rings. The van der Waals surface area contributed by atoms with Gasteiger partial charge in [-0.25, -0.2) is 9.18 Å². The molecular weight excluding hydrogens is 357 g/mol. The van der Waals surface area contributed by atoms with Crippen LogP contribution in [0.15, 0.2) is 54.7 Å². The Hall–Kier alpha value is -2.24. The lowest BCUT2D eigenvalue weighted by Gasteiger charge is -2.50. The van der Waals surface area contributed by atoms with Crippen LogP contribution in [0, 0.1) is 5.82 Å². The Kier molecular flexibility index (Phi) is 5.60. The number of benzene rings is 1. The minimum absolute atomic E-state index is 0.0370. The molecule has 0 radical (unpaired) electrons.